The first kappa shape index (κ1) is 20.5. The number of nitrogens with zero attached hydrogens (tertiary/aromatic N) is 2. The normalized spacial score (nSPS) is 33.5. The summed E-state index contributed by atoms with van der Waals surface area (Å²) in [6.07, 6.45) is 3.66. The van der Waals surface area contributed by atoms with E-state index in [2.05, 4.69) is 62.0 Å². The number of hydrogen-bond acceptors (Lipinski definition) is 5. The van der Waals surface area contributed by atoms with E-state index in [1.165, 1.54) is 32.5 Å². The zero-order valence-electron chi connectivity index (χ0n) is 17.9. The molecule has 2 aliphatic heterocycles. The second-order valence-electron chi connectivity index (χ2n) is 10.2. The first-order valence-electron chi connectivity index (χ1n) is 10.8. The molecule has 152 valence electrons. The van der Waals surface area contributed by atoms with Gasteiger partial charge in [-0.05, 0) is 52.0 Å². The summed E-state index contributed by atoms with van der Waals surface area (Å²) in [4.78, 5) is 5.09. The first-order chi connectivity index (χ1) is 12.1. The molecule has 4 atom stereocenters. The van der Waals surface area contributed by atoms with Crippen LogP contribution in [0.3, 0.4) is 0 Å². The topological polar surface area (TPSA) is 50.8 Å². The maximum Gasteiger partial charge on any atom is 0.0832 e. The fourth-order valence-electron chi connectivity index (χ4n) is 5.36. The van der Waals surface area contributed by atoms with Crippen LogP contribution in [0.5, 0.6) is 0 Å². The standard InChI is InChI=1S/C21H42N4O/c1-7-24-13-19(21(14-24)8-9-21)23-16(4)10-20(5,6)25-11-17(18(26)12-25)22-15(2)3/h15-19,22-23,26H,7-14H2,1-6H3. The van der Waals surface area contributed by atoms with Gasteiger partial charge in [0.15, 0.2) is 0 Å². The number of aliphatic hydroxyl groups is 1. The number of hydrogen-bond donors (Lipinski definition) is 3. The molecule has 0 amide bonds. The smallest absolute Gasteiger partial charge is 0.0832 e. The molecule has 3 rings (SSSR count). The number of likely N-dealkylation sites (tertiary alicyclic amines) is 2. The minimum atomic E-state index is -0.261. The molecule has 0 radical (unpaired) electrons. The first-order valence-corrected chi connectivity index (χ1v) is 10.8. The summed E-state index contributed by atoms with van der Waals surface area (Å²) in [7, 11) is 0. The number of rotatable bonds is 8. The highest BCUT2D eigenvalue weighted by Gasteiger charge is 2.54. The van der Waals surface area contributed by atoms with Gasteiger partial charge < -0.3 is 20.6 Å². The van der Waals surface area contributed by atoms with Crippen molar-refractivity contribution >= 4 is 0 Å². The maximum atomic E-state index is 10.4. The predicted molar refractivity (Wildman–Crippen MR) is 109 cm³/mol. The quantitative estimate of drug-likeness (QED) is 0.610. The maximum absolute atomic E-state index is 10.4. The highest BCUT2D eigenvalue weighted by Crippen LogP contribution is 2.52. The Kier molecular flexibility index (Phi) is 6.06. The second kappa shape index (κ2) is 7.67. The van der Waals surface area contributed by atoms with Crippen LogP contribution in [0.1, 0.15) is 60.8 Å². The molecule has 1 saturated carbocycles. The number of aliphatic hydroxyl groups excluding tert-OH is 1. The van der Waals surface area contributed by atoms with E-state index in [0.29, 0.717) is 23.5 Å². The van der Waals surface area contributed by atoms with Crippen molar-refractivity contribution in [3.63, 3.8) is 0 Å². The average molecular weight is 367 g/mol. The van der Waals surface area contributed by atoms with Gasteiger partial charge in [-0.25, -0.2) is 0 Å². The number of likely N-dealkylation sites (N-methyl/N-ethyl adjacent to an activating group) is 1. The molecule has 26 heavy (non-hydrogen) atoms. The van der Waals surface area contributed by atoms with Crippen LogP contribution in [-0.2, 0) is 0 Å². The summed E-state index contributed by atoms with van der Waals surface area (Å²) in [6, 6.07) is 1.77. The van der Waals surface area contributed by atoms with Gasteiger partial charge in [0.2, 0.25) is 0 Å². The lowest BCUT2D eigenvalue weighted by molar-refractivity contribution is 0.101. The van der Waals surface area contributed by atoms with Gasteiger partial charge in [-0.1, -0.05) is 20.8 Å². The number of nitrogens with one attached hydrogen (secondary N) is 2. The van der Waals surface area contributed by atoms with Crippen molar-refractivity contribution in [3.05, 3.63) is 0 Å². The Hall–Kier alpha value is -0.200. The van der Waals surface area contributed by atoms with Crippen molar-refractivity contribution in [3.8, 4) is 0 Å². The molecule has 3 fully saturated rings. The van der Waals surface area contributed by atoms with E-state index in [-0.39, 0.29) is 17.7 Å². The monoisotopic (exact) mass is 366 g/mol. The highest BCUT2D eigenvalue weighted by atomic mass is 16.3. The molecular weight excluding hydrogens is 324 g/mol. The van der Waals surface area contributed by atoms with Crippen LogP contribution in [0.4, 0.5) is 0 Å². The molecule has 3 aliphatic rings. The number of β-amino-alcohol motifs (C(OH)–C–C–N with tert-alkyl or cyclic N) is 1. The van der Waals surface area contributed by atoms with E-state index in [1.807, 2.05) is 0 Å². The van der Waals surface area contributed by atoms with Gasteiger partial charge in [0, 0.05) is 55.9 Å². The predicted octanol–water partition coefficient (Wildman–Crippen LogP) is 1.66. The van der Waals surface area contributed by atoms with Gasteiger partial charge in [0.1, 0.15) is 0 Å². The third-order valence-corrected chi connectivity index (χ3v) is 7.04. The van der Waals surface area contributed by atoms with E-state index in [0.717, 1.165) is 19.5 Å². The lowest BCUT2D eigenvalue weighted by Crippen LogP contribution is -2.51. The molecule has 2 heterocycles. The van der Waals surface area contributed by atoms with E-state index in [1.54, 1.807) is 0 Å². The Balaban J connectivity index is 1.52. The molecule has 1 aliphatic carbocycles. The lowest BCUT2D eigenvalue weighted by Gasteiger charge is -2.39. The third-order valence-electron chi connectivity index (χ3n) is 7.04. The van der Waals surface area contributed by atoms with E-state index >= 15 is 0 Å². The van der Waals surface area contributed by atoms with Crippen LogP contribution in [-0.4, -0.2) is 83.4 Å². The lowest BCUT2D eigenvalue weighted by atomic mass is 9.92. The van der Waals surface area contributed by atoms with Crippen molar-refractivity contribution in [2.24, 2.45) is 5.41 Å². The van der Waals surface area contributed by atoms with Gasteiger partial charge in [-0.15, -0.1) is 0 Å². The van der Waals surface area contributed by atoms with Crippen molar-refractivity contribution in [1.82, 2.24) is 20.4 Å². The van der Waals surface area contributed by atoms with Crippen molar-refractivity contribution < 1.29 is 5.11 Å². The molecule has 0 aromatic heterocycles. The Morgan fingerprint density at radius 1 is 1.12 bits per heavy atom. The summed E-state index contributed by atoms with van der Waals surface area (Å²) < 4.78 is 0. The largest absolute Gasteiger partial charge is 0.390 e. The van der Waals surface area contributed by atoms with Gasteiger partial charge >= 0.3 is 0 Å². The minimum absolute atomic E-state index is 0.0978. The van der Waals surface area contributed by atoms with Crippen molar-refractivity contribution in [1.29, 1.82) is 0 Å². The second-order valence-corrected chi connectivity index (χ2v) is 10.2. The Morgan fingerprint density at radius 3 is 2.38 bits per heavy atom. The van der Waals surface area contributed by atoms with E-state index < -0.39 is 0 Å². The molecule has 0 aromatic rings. The van der Waals surface area contributed by atoms with Gasteiger partial charge in [-0.2, -0.15) is 0 Å². The van der Waals surface area contributed by atoms with Crippen molar-refractivity contribution in [2.75, 3.05) is 32.7 Å². The van der Waals surface area contributed by atoms with Crippen LogP contribution in [0, 0.1) is 5.41 Å². The highest BCUT2D eigenvalue weighted by molar-refractivity contribution is 5.10. The zero-order valence-corrected chi connectivity index (χ0v) is 17.9. The molecule has 1 spiro atoms. The molecule has 5 nitrogen and oxygen atoms in total. The van der Waals surface area contributed by atoms with E-state index in [9.17, 15) is 5.11 Å². The van der Waals surface area contributed by atoms with Gasteiger partial charge in [0.05, 0.1) is 6.10 Å². The molecule has 0 bridgehead atoms. The van der Waals surface area contributed by atoms with Crippen LogP contribution < -0.4 is 10.6 Å². The summed E-state index contributed by atoms with van der Waals surface area (Å²) in [6.45, 7) is 19.0. The Labute approximate surface area is 160 Å². The Morgan fingerprint density at radius 2 is 1.81 bits per heavy atom. The zero-order chi connectivity index (χ0) is 19.1. The fourth-order valence-corrected chi connectivity index (χ4v) is 5.36. The van der Waals surface area contributed by atoms with Crippen LogP contribution in [0.25, 0.3) is 0 Å². The average Bonchev–Trinajstić information content (AvgIpc) is 3.10. The summed E-state index contributed by atoms with van der Waals surface area (Å²) in [5, 5.41) is 18.0. The Bertz CT molecular complexity index is 477. The summed E-state index contributed by atoms with van der Waals surface area (Å²) in [5.74, 6) is 0. The molecule has 3 N–H and O–H groups in total. The van der Waals surface area contributed by atoms with Gasteiger partial charge in [0.25, 0.3) is 0 Å². The van der Waals surface area contributed by atoms with Crippen molar-refractivity contribution in [2.45, 2.75) is 96.6 Å². The SMILES string of the molecule is CCN1CC(NC(C)CC(C)(C)N2CC(O)C(NC(C)C)C2)C2(CC2)C1. The van der Waals surface area contributed by atoms with Crippen LogP contribution in [0.15, 0.2) is 0 Å². The van der Waals surface area contributed by atoms with E-state index in [4.69, 9.17) is 0 Å². The minimum Gasteiger partial charge on any atom is -0.390 e. The molecule has 4 unspecified atom stereocenters. The fraction of sp³-hybridized carbons (Fsp3) is 1.00. The van der Waals surface area contributed by atoms with Crippen LogP contribution >= 0.6 is 0 Å². The third kappa shape index (κ3) is 4.44. The summed E-state index contributed by atoms with van der Waals surface area (Å²) in [5.41, 5.74) is 0.672. The molecule has 5 heteroatoms. The van der Waals surface area contributed by atoms with Crippen LogP contribution in [0.2, 0.25) is 0 Å². The molecule has 2 saturated heterocycles. The van der Waals surface area contributed by atoms with Gasteiger partial charge in [-0.3, -0.25) is 4.90 Å². The molecular formula is C21H42N4O. The summed E-state index contributed by atoms with van der Waals surface area (Å²) >= 11 is 0. The molecule has 0 aromatic carbocycles.